The molecule has 2 rings (SSSR count). The molecule has 4 nitrogen and oxygen atoms in total. The van der Waals surface area contributed by atoms with Crippen molar-refractivity contribution >= 4 is 29.1 Å². The minimum atomic E-state index is -0.301. The first kappa shape index (κ1) is 19.0. The summed E-state index contributed by atoms with van der Waals surface area (Å²) in [6.45, 7) is 8.07. The summed E-state index contributed by atoms with van der Waals surface area (Å²) in [4.78, 5) is 24.2. The molecule has 0 aromatic heterocycles. The third-order valence-corrected chi connectivity index (χ3v) is 4.37. The van der Waals surface area contributed by atoms with Crippen molar-refractivity contribution in [2.75, 3.05) is 11.9 Å². The molecule has 0 fully saturated rings. The van der Waals surface area contributed by atoms with Gasteiger partial charge in [0.25, 0.3) is 5.91 Å². The molecule has 0 heterocycles. The third kappa shape index (κ3) is 5.07. The van der Waals surface area contributed by atoms with E-state index >= 15 is 0 Å². The van der Waals surface area contributed by atoms with E-state index in [0.29, 0.717) is 16.3 Å². The zero-order valence-electron chi connectivity index (χ0n) is 14.9. The molecule has 132 valence electrons. The van der Waals surface area contributed by atoms with E-state index in [1.54, 1.807) is 30.3 Å². The Morgan fingerprint density at radius 3 is 2.28 bits per heavy atom. The van der Waals surface area contributed by atoms with Gasteiger partial charge in [0, 0.05) is 16.3 Å². The Labute approximate surface area is 153 Å². The highest BCUT2D eigenvalue weighted by Gasteiger charge is 2.15. The van der Waals surface area contributed by atoms with Crippen molar-refractivity contribution in [1.29, 1.82) is 0 Å². The molecule has 0 atom stereocenters. The Balaban J connectivity index is 1.93. The van der Waals surface area contributed by atoms with E-state index < -0.39 is 0 Å². The lowest BCUT2D eigenvalue weighted by Crippen LogP contribution is -2.33. The molecule has 5 heteroatoms. The molecule has 0 radical (unpaired) electrons. The number of benzene rings is 2. The second-order valence-corrected chi connectivity index (χ2v) is 7.38. The fourth-order valence-electron chi connectivity index (χ4n) is 2.32. The number of amides is 2. The van der Waals surface area contributed by atoms with Crippen LogP contribution in [0.25, 0.3) is 0 Å². The number of nitrogens with one attached hydrogen (secondary N) is 2. The van der Waals surface area contributed by atoms with Crippen LogP contribution < -0.4 is 10.6 Å². The third-order valence-electron chi connectivity index (χ3n) is 3.96. The molecule has 2 aromatic carbocycles. The Bertz CT molecular complexity index is 777. The average molecular weight is 359 g/mol. The summed E-state index contributed by atoms with van der Waals surface area (Å²) in [5.41, 5.74) is 3.14. The predicted octanol–water partition coefficient (Wildman–Crippen LogP) is 4.31. The highest BCUT2D eigenvalue weighted by atomic mass is 35.5. The van der Waals surface area contributed by atoms with Gasteiger partial charge in [0.2, 0.25) is 5.91 Å². The lowest BCUT2D eigenvalue weighted by atomic mass is 9.87. The molecule has 2 N–H and O–H groups in total. The van der Waals surface area contributed by atoms with Crippen LogP contribution in [0, 0.1) is 6.92 Å². The molecule has 0 spiro atoms. The van der Waals surface area contributed by atoms with Crippen LogP contribution in [0.4, 0.5) is 5.69 Å². The largest absolute Gasteiger partial charge is 0.343 e. The van der Waals surface area contributed by atoms with Gasteiger partial charge in [-0.25, -0.2) is 0 Å². The number of carbonyl (C=O) groups is 2. The Hall–Kier alpha value is -2.33. The topological polar surface area (TPSA) is 58.2 Å². The summed E-state index contributed by atoms with van der Waals surface area (Å²) < 4.78 is 0. The van der Waals surface area contributed by atoms with Crippen molar-refractivity contribution in [3.05, 3.63) is 64.2 Å². The Morgan fingerprint density at radius 2 is 1.68 bits per heavy atom. The number of carbonyl (C=O) groups excluding carboxylic acids is 2. The lowest BCUT2D eigenvalue weighted by molar-refractivity contribution is -0.115. The zero-order valence-corrected chi connectivity index (χ0v) is 15.7. The first-order valence-electron chi connectivity index (χ1n) is 8.12. The van der Waals surface area contributed by atoms with E-state index in [0.717, 1.165) is 11.1 Å². The van der Waals surface area contributed by atoms with Gasteiger partial charge in [0.1, 0.15) is 0 Å². The molecule has 0 bridgehead atoms. The van der Waals surface area contributed by atoms with Crippen molar-refractivity contribution in [1.82, 2.24) is 5.32 Å². The van der Waals surface area contributed by atoms with Crippen molar-refractivity contribution in [2.24, 2.45) is 0 Å². The van der Waals surface area contributed by atoms with Crippen LogP contribution in [0.1, 0.15) is 42.3 Å². The second kappa shape index (κ2) is 7.70. The number of hydrogen-bond donors (Lipinski definition) is 2. The van der Waals surface area contributed by atoms with Gasteiger partial charge in [-0.1, -0.05) is 50.6 Å². The van der Waals surface area contributed by atoms with Crippen LogP contribution in [0.3, 0.4) is 0 Å². The number of rotatable bonds is 4. The molecular weight excluding hydrogens is 336 g/mol. The molecule has 25 heavy (non-hydrogen) atoms. The van der Waals surface area contributed by atoms with E-state index in [2.05, 4.69) is 31.4 Å². The van der Waals surface area contributed by atoms with Crippen molar-refractivity contribution < 1.29 is 9.59 Å². The first-order valence-corrected chi connectivity index (χ1v) is 8.50. The van der Waals surface area contributed by atoms with Gasteiger partial charge in [0.05, 0.1) is 6.54 Å². The van der Waals surface area contributed by atoms with Crippen molar-refractivity contribution in [3.8, 4) is 0 Å². The number of anilines is 1. The maximum Gasteiger partial charge on any atom is 0.251 e. The van der Waals surface area contributed by atoms with E-state index in [4.69, 9.17) is 11.6 Å². The summed E-state index contributed by atoms with van der Waals surface area (Å²) in [6.07, 6.45) is 0. The minimum absolute atomic E-state index is 0.0315. The SMILES string of the molecule is Cc1c(Cl)cccc1NC(=O)CNC(=O)c1ccc(C(C)(C)C)cc1. The summed E-state index contributed by atoms with van der Waals surface area (Å²) in [6, 6.07) is 12.7. The van der Waals surface area contributed by atoms with E-state index in [1.165, 1.54) is 0 Å². The van der Waals surface area contributed by atoms with Gasteiger partial charge >= 0.3 is 0 Å². The van der Waals surface area contributed by atoms with E-state index in [-0.39, 0.29) is 23.8 Å². The maximum absolute atomic E-state index is 12.2. The summed E-state index contributed by atoms with van der Waals surface area (Å²) in [5.74, 6) is -0.580. The normalized spacial score (nSPS) is 11.1. The highest BCUT2D eigenvalue weighted by Crippen LogP contribution is 2.23. The second-order valence-electron chi connectivity index (χ2n) is 6.97. The van der Waals surface area contributed by atoms with Gasteiger partial charge in [-0.15, -0.1) is 0 Å². The Kier molecular flexibility index (Phi) is 5.85. The molecule has 0 saturated heterocycles. The molecule has 0 aliphatic carbocycles. The van der Waals surface area contributed by atoms with Gasteiger partial charge in [0.15, 0.2) is 0 Å². The minimum Gasteiger partial charge on any atom is -0.343 e. The van der Waals surface area contributed by atoms with Gasteiger partial charge in [-0.3, -0.25) is 9.59 Å². The van der Waals surface area contributed by atoms with Crippen LogP contribution in [-0.4, -0.2) is 18.4 Å². The molecular formula is C20H23ClN2O2. The molecule has 0 unspecified atom stereocenters. The predicted molar refractivity (Wildman–Crippen MR) is 102 cm³/mol. The zero-order chi connectivity index (χ0) is 18.6. The number of hydrogen-bond acceptors (Lipinski definition) is 2. The molecule has 0 aliphatic rings. The van der Waals surface area contributed by atoms with Crippen molar-refractivity contribution in [3.63, 3.8) is 0 Å². The molecule has 2 amide bonds. The van der Waals surface area contributed by atoms with Crippen LogP contribution in [0.5, 0.6) is 0 Å². The lowest BCUT2D eigenvalue weighted by Gasteiger charge is -2.19. The van der Waals surface area contributed by atoms with Crippen LogP contribution in [-0.2, 0) is 10.2 Å². The fraction of sp³-hybridized carbons (Fsp3) is 0.300. The summed E-state index contributed by atoms with van der Waals surface area (Å²) in [7, 11) is 0. The quantitative estimate of drug-likeness (QED) is 0.855. The number of halogens is 1. The van der Waals surface area contributed by atoms with Gasteiger partial charge in [-0.05, 0) is 47.7 Å². The first-order chi connectivity index (χ1) is 11.7. The fourth-order valence-corrected chi connectivity index (χ4v) is 2.50. The standard InChI is InChI=1S/C20H23ClN2O2/c1-13-16(21)6-5-7-17(13)23-18(24)12-22-19(25)14-8-10-15(11-9-14)20(2,3)4/h5-11H,12H2,1-4H3,(H,22,25)(H,23,24). The molecule has 0 saturated carbocycles. The maximum atomic E-state index is 12.2. The van der Waals surface area contributed by atoms with Gasteiger partial charge < -0.3 is 10.6 Å². The van der Waals surface area contributed by atoms with E-state index in [1.807, 2.05) is 19.1 Å². The molecule has 2 aromatic rings. The van der Waals surface area contributed by atoms with Crippen molar-refractivity contribution in [2.45, 2.75) is 33.1 Å². The van der Waals surface area contributed by atoms with Gasteiger partial charge in [-0.2, -0.15) is 0 Å². The van der Waals surface area contributed by atoms with Crippen LogP contribution in [0.2, 0.25) is 5.02 Å². The van der Waals surface area contributed by atoms with Crippen LogP contribution >= 0.6 is 11.6 Å². The summed E-state index contributed by atoms with van der Waals surface area (Å²) in [5, 5.41) is 5.96. The van der Waals surface area contributed by atoms with E-state index in [9.17, 15) is 9.59 Å². The monoisotopic (exact) mass is 358 g/mol. The highest BCUT2D eigenvalue weighted by molar-refractivity contribution is 6.31. The Morgan fingerprint density at radius 1 is 1.04 bits per heavy atom. The van der Waals surface area contributed by atoms with Crippen LogP contribution in [0.15, 0.2) is 42.5 Å². The molecule has 0 aliphatic heterocycles. The average Bonchev–Trinajstić information content (AvgIpc) is 2.56. The summed E-state index contributed by atoms with van der Waals surface area (Å²) >= 11 is 6.03. The smallest absolute Gasteiger partial charge is 0.251 e.